The number of para-hydroxylation sites is 2. The zero-order valence-corrected chi connectivity index (χ0v) is 14.5. The van der Waals surface area contributed by atoms with Crippen LogP contribution in [0.3, 0.4) is 0 Å². The van der Waals surface area contributed by atoms with Crippen molar-refractivity contribution in [3.8, 4) is 34.0 Å². The first kappa shape index (κ1) is 16.6. The third kappa shape index (κ3) is 3.43. The first-order valence-corrected chi connectivity index (χ1v) is 8.51. The second-order valence-electron chi connectivity index (χ2n) is 6.01. The highest BCUT2D eigenvalue weighted by Crippen LogP contribution is 2.35. The fraction of sp³-hybridized carbons (Fsp3) is 0. The van der Waals surface area contributed by atoms with Gasteiger partial charge in [-0.15, -0.1) is 0 Å². The molecule has 0 amide bonds. The molecule has 1 heterocycles. The van der Waals surface area contributed by atoms with Crippen molar-refractivity contribution >= 4 is 11.4 Å². The highest BCUT2D eigenvalue weighted by atomic mass is 16.5. The van der Waals surface area contributed by atoms with Crippen LogP contribution >= 0.6 is 0 Å². The summed E-state index contributed by atoms with van der Waals surface area (Å²) >= 11 is 0. The van der Waals surface area contributed by atoms with Gasteiger partial charge in [0.1, 0.15) is 17.8 Å². The lowest BCUT2D eigenvalue weighted by Crippen LogP contribution is -1.99. The molecule has 4 aromatic rings. The second kappa shape index (κ2) is 7.17. The summed E-state index contributed by atoms with van der Waals surface area (Å²) in [4.78, 5) is 8.78. The number of hydrogen-bond acceptors (Lipinski definition) is 5. The van der Waals surface area contributed by atoms with Crippen LogP contribution in [0.1, 0.15) is 0 Å². The molecule has 0 unspecified atom stereocenters. The zero-order valence-electron chi connectivity index (χ0n) is 14.5. The van der Waals surface area contributed by atoms with E-state index in [9.17, 15) is 0 Å². The molecule has 0 aliphatic carbocycles. The van der Waals surface area contributed by atoms with E-state index in [2.05, 4.69) is 9.97 Å². The predicted molar refractivity (Wildman–Crippen MR) is 108 cm³/mol. The summed E-state index contributed by atoms with van der Waals surface area (Å²) in [5.41, 5.74) is 16.3. The highest BCUT2D eigenvalue weighted by Gasteiger charge is 2.13. The molecule has 0 aliphatic rings. The smallest absolute Gasteiger partial charge is 0.136 e. The summed E-state index contributed by atoms with van der Waals surface area (Å²) in [6.45, 7) is 0. The van der Waals surface area contributed by atoms with Crippen LogP contribution in [0.25, 0.3) is 22.5 Å². The van der Waals surface area contributed by atoms with Crippen LogP contribution in [-0.2, 0) is 0 Å². The average Bonchev–Trinajstić information content (AvgIpc) is 2.69. The van der Waals surface area contributed by atoms with Gasteiger partial charge in [0.2, 0.25) is 0 Å². The van der Waals surface area contributed by atoms with E-state index in [1.54, 1.807) is 12.1 Å². The second-order valence-corrected chi connectivity index (χ2v) is 6.01. The van der Waals surface area contributed by atoms with Gasteiger partial charge in [-0.1, -0.05) is 36.4 Å². The van der Waals surface area contributed by atoms with E-state index in [0.29, 0.717) is 28.4 Å². The van der Waals surface area contributed by atoms with Gasteiger partial charge in [0.05, 0.1) is 11.4 Å². The fourth-order valence-corrected chi connectivity index (χ4v) is 2.91. The molecule has 0 saturated carbocycles. The lowest BCUT2D eigenvalue weighted by Gasteiger charge is -2.12. The lowest BCUT2D eigenvalue weighted by atomic mass is 10.0. The molecule has 0 saturated heterocycles. The molecule has 3 aromatic carbocycles. The SMILES string of the molecule is Nc1cccc(N)c1-c1cc(-c2ccccc2Oc2ccccc2)ncn1. The van der Waals surface area contributed by atoms with Crippen molar-refractivity contribution in [3.63, 3.8) is 0 Å². The molecule has 27 heavy (non-hydrogen) atoms. The number of rotatable bonds is 4. The van der Waals surface area contributed by atoms with Gasteiger partial charge in [-0.25, -0.2) is 9.97 Å². The minimum Gasteiger partial charge on any atom is -0.457 e. The molecule has 1 aromatic heterocycles. The topological polar surface area (TPSA) is 87.0 Å². The van der Waals surface area contributed by atoms with Crippen molar-refractivity contribution in [1.82, 2.24) is 9.97 Å². The third-order valence-electron chi connectivity index (χ3n) is 4.19. The van der Waals surface area contributed by atoms with Crippen LogP contribution < -0.4 is 16.2 Å². The number of anilines is 2. The lowest BCUT2D eigenvalue weighted by molar-refractivity contribution is 0.484. The number of ether oxygens (including phenoxy) is 1. The Morgan fingerprint density at radius 2 is 1.33 bits per heavy atom. The maximum absolute atomic E-state index is 6.11. The van der Waals surface area contributed by atoms with Crippen LogP contribution in [0, 0.1) is 0 Å². The monoisotopic (exact) mass is 354 g/mol. The molecule has 4 N–H and O–H groups in total. The molecular weight excluding hydrogens is 336 g/mol. The van der Waals surface area contributed by atoms with Gasteiger partial charge >= 0.3 is 0 Å². The standard InChI is InChI=1S/C22H18N4O/c23-17-10-6-11-18(24)22(17)20-13-19(25-14-26-20)16-9-4-5-12-21(16)27-15-7-2-1-3-8-15/h1-14H,23-24H2. The van der Waals surface area contributed by atoms with Crippen LogP contribution in [0.4, 0.5) is 11.4 Å². The van der Waals surface area contributed by atoms with Gasteiger partial charge in [0, 0.05) is 22.5 Å². The molecule has 0 aliphatic heterocycles. The summed E-state index contributed by atoms with van der Waals surface area (Å²) in [7, 11) is 0. The van der Waals surface area contributed by atoms with Crippen molar-refractivity contribution in [2.75, 3.05) is 11.5 Å². The Labute approximate surface area is 157 Å². The fourth-order valence-electron chi connectivity index (χ4n) is 2.91. The highest BCUT2D eigenvalue weighted by molar-refractivity contribution is 5.86. The molecule has 0 radical (unpaired) electrons. The van der Waals surface area contributed by atoms with E-state index in [0.717, 1.165) is 17.0 Å². The minimum absolute atomic E-state index is 0.577. The van der Waals surface area contributed by atoms with Crippen LogP contribution in [0.15, 0.2) is 85.2 Å². The Hall–Kier alpha value is -3.86. The number of nitrogen functional groups attached to an aromatic ring is 2. The number of nitrogens with two attached hydrogens (primary N) is 2. The van der Waals surface area contributed by atoms with Crippen molar-refractivity contribution in [3.05, 3.63) is 85.2 Å². The number of hydrogen-bond donors (Lipinski definition) is 2. The normalized spacial score (nSPS) is 10.5. The summed E-state index contributed by atoms with van der Waals surface area (Å²) in [5.74, 6) is 1.47. The van der Waals surface area contributed by atoms with Gasteiger partial charge in [0.15, 0.2) is 0 Å². The molecule has 0 atom stereocenters. The largest absolute Gasteiger partial charge is 0.457 e. The predicted octanol–water partition coefficient (Wildman–Crippen LogP) is 4.77. The number of benzene rings is 3. The Kier molecular flexibility index (Phi) is 4.41. The minimum atomic E-state index is 0.577. The summed E-state index contributed by atoms with van der Waals surface area (Å²) < 4.78 is 6.05. The van der Waals surface area contributed by atoms with Gasteiger partial charge in [-0.2, -0.15) is 0 Å². The van der Waals surface area contributed by atoms with Gasteiger partial charge in [0.25, 0.3) is 0 Å². The van der Waals surface area contributed by atoms with E-state index in [1.165, 1.54) is 6.33 Å². The van der Waals surface area contributed by atoms with Crippen LogP contribution in [0.2, 0.25) is 0 Å². The average molecular weight is 354 g/mol. The van der Waals surface area contributed by atoms with E-state index in [-0.39, 0.29) is 0 Å². The molecule has 4 rings (SSSR count). The molecule has 132 valence electrons. The molecule has 0 spiro atoms. The molecule has 0 bridgehead atoms. The molecule has 5 nitrogen and oxygen atoms in total. The molecule has 0 fully saturated rings. The van der Waals surface area contributed by atoms with E-state index >= 15 is 0 Å². The Bertz CT molecular complexity index is 1060. The maximum Gasteiger partial charge on any atom is 0.136 e. The summed E-state index contributed by atoms with van der Waals surface area (Å²) in [5, 5.41) is 0. The van der Waals surface area contributed by atoms with Crippen molar-refractivity contribution in [1.29, 1.82) is 0 Å². The van der Waals surface area contributed by atoms with E-state index in [1.807, 2.05) is 66.7 Å². The Balaban J connectivity index is 1.77. The first-order valence-electron chi connectivity index (χ1n) is 8.51. The van der Waals surface area contributed by atoms with Gasteiger partial charge < -0.3 is 16.2 Å². The van der Waals surface area contributed by atoms with E-state index in [4.69, 9.17) is 16.2 Å². The van der Waals surface area contributed by atoms with Crippen molar-refractivity contribution < 1.29 is 4.74 Å². The van der Waals surface area contributed by atoms with Gasteiger partial charge in [-0.3, -0.25) is 0 Å². The number of aromatic nitrogens is 2. The maximum atomic E-state index is 6.11. The van der Waals surface area contributed by atoms with Gasteiger partial charge in [-0.05, 0) is 42.5 Å². The Morgan fingerprint density at radius 3 is 2.11 bits per heavy atom. The van der Waals surface area contributed by atoms with Crippen LogP contribution in [-0.4, -0.2) is 9.97 Å². The molecular formula is C22H18N4O. The molecule has 5 heteroatoms. The summed E-state index contributed by atoms with van der Waals surface area (Å²) in [6, 6.07) is 24.7. The number of nitrogens with zero attached hydrogens (tertiary/aromatic N) is 2. The van der Waals surface area contributed by atoms with Crippen LogP contribution in [0.5, 0.6) is 11.5 Å². The summed E-state index contributed by atoms with van der Waals surface area (Å²) in [6.07, 6.45) is 1.51. The van der Waals surface area contributed by atoms with Crippen molar-refractivity contribution in [2.45, 2.75) is 0 Å². The third-order valence-corrected chi connectivity index (χ3v) is 4.19. The Morgan fingerprint density at radius 1 is 0.667 bits per heavy atom. The zero-order chi connectivity index (χ0) is 18.6. The van der Waals surface area contributed by atoms with E-state index < -0.39 is 0 Å². The van der Waals surface area contributed by atoms with Crippen molar-refractivity contribution in [2.24, 2.45) is 0 Å². The first-order chi connectivity index (χ1) is 13.2. The quantitative estimate of drug-likeness (QED) is 0.516.